The van der Waals surface area contributed by atoms with Crippen LogP contribution in [0, 0.1) is 27.7 Å². The summed E-state index contributed by atoms with van der Waals surface area (Å²) in [6.07, 6.45) is 0.749. The maximum atomic E-state index is 14.1. The molecule has 3 aromatic carbocycles. The summed E-state index contributed by atoms with van der Waals surface area (Å²) in [5.41, 5.74) is 4.96. The Morgan fingerprint density at radius 3 is 2.02 bits per heavy atom. The lowest BCUT2D eigenvalue weighted by Crippen LogP contribution is -2.52. The number of carbonyl (C=O) groups is 2. The third-order valence-electron chi connectivity index (χ3n) is 7.15. The van der Waals surface area contributed by atoms with Gasteiger partial charge in [-0.2, -0.15) is 0 Å². The van der Waals surface area contributed by atoms with Crippen LogP contribution in [0.4, 0.5) is 5.69 Å². The highest BCUT2D eigenvalue weighted by molar-refractivity contribution is 7.92. The zero-order valence-corrected chi connectivity index (χ0v) is 25.4. The van der Waals surface area contributed by atoms with Gasteiger partial charge < -0.3 is 10.2 Å². The molecule has 0 aromatic heterocycles. The lowest BCUT2D eigenvalue weighted by molar-refractivity contribution is -0.139. The number of sulfonamides is 1. The van der Waals surface area contributed by atoms with E-state index in [4.69, 9.17) is 0 Å². The number of amides is 2. The number of hydrogen-bond donors (Lipinski definition) is 1. The van der Waals surface area contributed by atoms with Crippen LogP contribution in [0.2, 0.25) is 0 Å². The fraction of sp³-hybridized carbons (Fsp3) is 0.375. The maximum Gasteiger partial charge on any atom is 0.264 e. The van der Waals surface area contributed by atoms with E-state index in [9.17, 15) is 18.0 Å². The summed E-state index contributed by atoms with van der Waals surface area (Å²) in [6, 6.07) is 18.9. The molecule has 0 spiro atoms. The molecule has 214 valence electrons. The van der Waals surface area contributed by atoms with Crippen molar-refractivity contribution in [1.29, 1.82) is 0 Å². The molecule has 0 unspecified atom stereocenters. The Bertz CT molecular complexity index is 1430. The molecule has 7 nitrogen and oxygen atoms in total. The molecule has 0 radical (unpaired) electrons. The Morgan fingerprint density at radius 2 is 1.45 bits per heavy atom. The Morgan fingerprint density at radius 1 is 0.850 bits per heavy atom. The van der Waals surface area contributed by atoms with Crippen LogP contribution in [0.3, 0.4) is 0 Å². The number of nitrogens with zero attached hydrogens (tertiary/aromatic N) is 2. The van der Waals surface area contributed by atoms with Crippen molar-refractivity contribution in [1.82, 2.24) is 10.2 Å². The standard InChI is InChI=1S/C32H41N3O4S/c1-8-26(6)33-32(37)27(7)34(20-28-12-10-9-11-25(28)5)31(36)21-35(29-18-23(3)17-24(4)19-29)40(38,39)30-15-13-22(2)14-16-30/h9-19,26-27H,8,20-21H2,1-7H3,(H,33,37)/t26-,27+/m0/s1. The highest BCUT2D eigenvalue weighted by Crippen LogP contribution is 2.27. The largest absolute Gasteiger partial charge is 0.352 e. The van der Waals surface area contributed by atoms with Crippen molar-refractivity contribution in [3.63, 3.8) is 0 Å². The van der Waals surface area contributed by atoms with E-state index >= 15 is 0 Å². The zero-order valence-electron chi connectivity index (χ0n) is 24.6. The van der Waals surface area contributed by atoms with E-state index in [0.717, 1.165) is 38.5 Å². The van der Waals surface area contributed by atoms with Gasteiger partial charge in [0, 0.05) is 12.6 Å². The Hall–Kier alpha value is -3.65. The molecule has 0 heterocycles. The normalized spacial score (nSPS) is 12.9. The lowest BCUT2D eigenvalue weighted by atomic mass is 10.1. The minimum Gasteiger partial charge on any atom is -0.352 e. The van der Waals surface area contributed by atoms with E-state index in [1.165, 1.54) is 4.90 Å². The van der Waals surface area contributed by atoms with Gasteiger partial charge >= 0.3 is 0 Å². The van der Waals surface area contributed by atoms with Crippen molar-refractivity contribution in [3.8, 4) is 0 Å². The Kier molecular flexibility index (Phi) is 10.1. The molecule has 1 N–H and O–H groups in total. The van der Waals surface area contributed by atoms with Crippen molar-refractivity contribution in [2.45, 2.75) is 78.4 Å². The van der Waals surface area contributed by atoms with Gasteiger partial charge in [-0.3, -0.25) is 13.9 Å². The second kappa shape index (κ2) is 13.1. The van der Waals surface area contributed by atoms with Gasteiger partial charge in [0.1, 0.15) is 12.6 Å². The van der Waals surface area contributed by atoms with Crippen LogP contribution in [0.15, 0.2) is 71.6 Å². The summed E-state index contributed by atoms with van der Waals surface area (Å²) < 4.78 is 29.2. The van der Waals surface area contributed by atoms with Gasteiger partial charge in [0.15, 0.2) is 0 Å². The molecule has 0 aliphatic heterocycles. The third kappa shape index (κ3) is 7.50. The van der Waals surface area contributed by atoms with E-state index < -0.39 is 28.5 Å². The summed E-state index contributed by atoms with van der Waals surface area (Å²) in [7, 11) is -4.10. The molecule has 0 aliphatic carbocycles. The van der Waals surface area contributed by atoms with E-state index in [2.05, 4.69) is 5.32 Å². The first-order valence-electron chi connectivity index (χ1n) is 13.7. The molecule has 0 bridgehead atoms. The predicted octanol–water partition coefficient (Wildman–Crippen LogP) is 5.45. The zero-order chi connectivity index (χ0) is 29.6. The number of nitrogens with one attached hydrogen (secondary N) is 1. The Balaban J connectivity index is 2.07. The second-order valence-electron chi connectivity index (χ2n) is 10.6. The first kappa shape index (κ1) is 30.9. The van der Waals surface area contributed by atoms with Crippen LogP contribution >= 0.6 is 0 Å². The highest BCUT2D eigenvalue weighted by Gasteiger charge is 2.33. The Labute approximate surface area is 239 Å². The molecular weight excluding hydrogens is 522 g/mol. The SMILES string of the molecule is CC[C@H](C)NC(=O)[C@@H](C)N(Cc1ccccc1C)C(=O)CN(c1cc(C)cc(C)c1)S(=O)(=O)c1ccc(C)cc1. The fourth-order valence-electron chi connectivity index (χ4n) is 4.48. The van der Waals surface area contributed by atoms with Crippen LogP contribution in [0.25, 0.3) is 0 Å². The van der Waals surface area contributed by atoms with Gasteiger partial charge in [-0.15, -0.1) is 0 Å². The highest BCUT2D eigenvalue weighted by atomic mass is 32.2. The quantitative estimate of drug-likeness (QED) is 0.336. The van der Waals surface area contributed by atoms with Gasteiger partial charge in [0.25, 0.3) is 10.0 Å². The molecule has 0 saturated heterocycles. The predicted molar refractivity (Wildman–Crippen MR) is 161 cm³/mol. The molecule has 3 rings (SSSR count). The third-order valence-corrected chi connectivity index (χ3v) is 8.94. The van der Waals surface area contributed by atoms with E-state index in [1.54, 1.807) is 43.3 Å². The van der Waals surface area contributed by atoms with E-state index in [-0.39, 0.29) is 23.4 Å². The number of benzene rings is 3. The van der Waals surface area contributed by atoms with Crippen LogP contribution in [0.5, 0.6) is 0 Å². The number of aryl methyl sites for hydroxylation is 4. The minimum absolute atomic E-state index is 0.0564. The second-order valence-corrected chi connectivity index (χ2v) is 12.5. The fourth-order valence-corrected chi connectivity index (χ4v) is 5.88. The first-order valence-corrected chi connectivity index (χ1v) is 15.1. The van der Waals surface area contributed by atoms with Crippen molar-refractivity contribution < 1.29 is 18.0 Å². The van der Waals surface area contributed by atoms with Crippen LogP contribution < -0.4 is 9.62 Å². The first-order chi connectivity index (χ1) is 18.8. The van der Waals surface area contributed by atoms with Crippen molar-refractivity contribution in [3.05, 3.63) is 94.5 Å². The van der Waals surface area contributed by atoms with Gasteiger partial charge in [-0.1, -0.05) is 55.0 Å². The van der Waals surface area contributed by atoms with Crippen LogP contribution in [-0.4, -0.2) is 43.8 Å². The average molecular weight is 564 g/mol. The van der Waals surface area contributed by atoms with Gasteiger partial charge in [-0.05, 0) is 94.5 Å². The topological polar surface area (TPSA) is 86.8 Å². The summed E-state index contributed by atoms with van der Waals surface area (Å²) >= 11 is 0. The molecule has 40 heavy (non-hydrogen) atoms. The number of hydrogen-bond acceptors (Lipinski definition) is 4. The molecule has 0 saturated carbocycles. The van der Waals surface area contributed by atoms with Crippen LogP contribution in [0.1, 0.15) is 55.0 Å². The number of carbonyl (C=O) groups excluding carboxylic acids is 2. The number of rotatable bonds is 11. The van der Waals surface area contributed by atoms with Gasteiger partial charge in [-0.25, -0.2) is 8.42 Å². The van der Waals surface area contributed by atoms with Crippen molar-refractivity contribution >= 4 is 27.5 Å². The molecule has 0 aliphatic rings. The molecule has 2 amide bonds. The van der Waals surface area contributed by atoms with E-state index in [0.29, 0.717) is 5.69 Å². The maximum absolute atomic E-state index is 14.1. The van der Waals surface area contributed by atoms with Crippen molar-refractivity contribution in [2.24, 2.45) is 0 Å². The molecule has 0 fully saturated rings. The molecule has 3 aromatic rings. The molecular formula is C32H41N3O4S. The summed E-state index contributed by atoms with van der Waals surface area (Å²) in [5, 5.41) is 2.96. The minimum atomic E-state index is -4.10. The summed E-state index contributed by atoms with van der Waals surface area (Å²) in [4.78, 5) is 28.8. The monoisotopic (exact) mass is 563 g/mol. The average Bonchev–Trinajstić information content (AvgIpc) is 2.90. The van der Waals surface area contributed by atoms with Gasteiger partial charge in [0.05, 0.1) is 10.6 Å². The summed E-state index contributed by atoms with van der Waals surface area (Å²) in [5.74, 6) is -0.750. The summed E-state index contributed by atoms with van der Waals surface area (Å²) in [6.45, 7) is 12.9. The lowest BCUT2D eigenvalue weighted by Gasteiger charge is -2.33. The van der Waals surface area contributed by atoms with E-state index in [1.807, 2.05) is 71.9 Å². The molecule has 2 atom stereocenters. The van der Waals surface area contributed by atoms with Crippen molar-refractivity contribution in [2.75, 3.05) is 10.8 Å². The van der Waals surface area contributed by atoms with Crippen LogP contribution in [-0.2, 0) is 26.2 Å². The molecule has 8 heteroatoms. The number of anilines is 1. The smallest absolute Gasteiger partial charge is 0.264 e. The van der Waals surface area contributed by atoms with Gasteiger partial charge in [0.2, 0.25) is 11.8 Å².